The van der Waals surface area contributed by atoms with Gasteiger partial charge < -0.3 is 4.98 Å². The van der Waals surface area contributed by atoms with Gasteiger partial charge in [-0.3, -0.25) is 9.69 Å². The fraction of sp³-hybridized carbons (Fsp3) is 0.333. The standard InChI is InChI=1S/C15H16BrN3OS/c1-21-15-17-13-6-7-19(9-11(13)14(20)18-15)8-10-4-2-3-5-12(10)16/h2-5H,6-9H2,1H3,(H,17,18,20). The molecule has 1 aliphatic heterocycles. The van der Waals surface area contributed by atoms with Gasteiger partial charge in [0.25, 0.3) is 5.56 Å². The molecule has 0 aliphatic carbocycles. The van der Waals surface area contributed by atoms with Gasteiger partial charge in [-0.15, -0.1) is 0 Å². The molecule has 2 heterocycles. The van der Waals surface area contributed by atoms with Gasteiger partial charge in [0.05, 0.1) is 11.3 Å². The maximum absolute atomic E-state index is 12.2. The highest BCUT2D eigenvalue weighted by Gasteiger charge is 2.21. The Balaban J connectivity index is 1.82. The average molecular weight is 366 g/mol. The molecular formula is C15H16BrN3OS. The van der Waals surface area contributed by atoms with Gasteiger partial charge in [0.1, 0.15) is 0 Å². The topological polar surface area (TPSA) is 49.0 Å². The summed E-state index contributed by atoms with van der Waals surface area (Å²) in [6, 6.07) is 8.21. The minimum Gasteiger partial charge on any atom is -0.301 e. The number of aromatic nitrogens is 2. The summed E-state index contributed by atoms with van der Waals surface area (Å²) in [6.07, 6.45) is 2.75. The molecule has 1 N–H and O–H groups in total. The second kappa shape index (κ2) is 6.34. The monoisotopic (exact) mass is 365 g/mol. The minimum atomic E-state index is 0.00109. The summed E-state index contributed by atoms with van der Waals surface area (Å²) in [5, 5.41) is 0.706. The number of hydrogen-bond donors (Lipinski definition) is 1. The molecule has 0 unspecified atom stereocenters. The zero-order valence-electron chi connectivity index (χ0n) is 11.7. The van der Waals surface area contributed by atoms with Crippen LogP contribution in [0.2, 0.25) is 0 Å². The predicted octanol–water partition coefficient (Wildman–Crippen LogP) is 2.81. The fourth-order valence-electron chi connectivity index (χ4n) is 2.56. The first-order valence-corrected chi connectivity index (χ1v) is 8.81. The molecule has 0 saturated heterocycles. The third kappa shape index (κ3) is 3.22. The van der Waals surface area contributed by atoms with Gasteiger partial charge in [0, 0.05) is 30.5 Å². The van der Waals surface area contributed by atoms with E-state index in [9.17, 15) is 4.79 Å². The van der Waals surface area contributed by atoms with Gasteiger partial charge in [-0.05, 0) is 17.9 Å². The van der Waals surface area contributed by atoms with Crippen LogP contribution in [0.15, 0.2) is 38.7 Å². The van der Waals surface area contributed by atoms with Crippen LogP contribution in [0.25, 0.3) is 0 Å². The Morgan fingerprint density at radius 3 is 3.00 bits per heavy atom. The van der Waals surface area contributed by atoms with Crippen LogP contribution in [0.1, 0.15) is 16.8 Å². The van der Waals surface area contributed by atoms with Gasteiger partial charge in [0.15, 0.2) is 5.16 Å². The summed E-state index contributed by atoms with van der Waals surface area (Å²) in [7, 11) is 0. The first-order chi connectivity index (χ1) is 10.2. The average Bonchev–Trinajstić information content (AvgIpc) is 2.50. The number of fused-ring (bicyclic) bond motifs is 1. The Labute approximate surface area is 136 Å². The number of halogens is 1. The number of nitrogens with one attached hydrogen (secondary N) is 1. The number of rotatable bonds is 3. The van der Waals surface area contributed by atoms with E-state index in [0.29, 0.717) is 11.7 Å². The molecule has 1 aliphatic rings. The lowest BCUT2D eigenvalue weighted by atomic mass is 10.1. The van der Waals surface area contributed by atoms with E-state index in [1.807, 2.05) is 24.5 Å². The summed E-state index contributed by atoms with van der Waals surface area (Å²) in [5.74, 6) is 0. The Kier molecular flexibility index (Phi) is 4.47. The van der Waals surface area contributed by atoms with Crippen molar-refractivity contribution in [3.8, 4) is 0 Å². The van der Waals surface area contributed by atoms with E-state index >= 15 is 0 Å². The van der Waals surface area contributed by atoms with Crippen molar-refractivity contribution in [1.29, 1.82) is 0 Å². The van der Waals surface area contributed by atoms with Gasteiger partial charge in [-0.1, -0.05) is 45.9 Å². The van der Waals surface area contributed by atoms with Gasteiger partial charge in [-0.2, -0.15) is 0 Å². The lowest BCUT2D eigenvalue weighted by Gasteiger charge is -2.27. The van der Waals surface area contributed by atoms with Gasteiger partial charge in [0.2, 0.25) is 0 Å². The third-order valence-electron chi connectivity index (χ3n) is 3.67. The van der Waals surface area contributed by atoms with Crippen molar-refractivity contribution in [2.45, 2.75) is 24.7 Å². The highest BCUT2D eigenvalue weighted by molar-refractivity contribution is 9.10. The number of benzene rings is 1. The Morgan fingerprint density at radius 1 is 1.43 bits per heavy atom. The summed E-state index contributed by atoms with van der Waals surface area (Å²) in [6.45, 7) is 2.43. The lowest BCUT2D eigenvalue weighted by molar-refractivity contribution is 0.240. The van der Waals surface area contributed by atoms with E-state index in [-0.39, 0.29) is 5.56 Å². The van der Waals surface area contributed by atoms with Crippen LogP contribution in [0.4, 0.5) is 0 Å². The molecule has 0 bridgehead atoms. The number of aromatic amines is 1. The Bertz CT molecular complexity index is 716. The van der Waals surface area contributed by atoms with Crippen LogP contribution >= 0.6 is 27.7 Å². The predicted molar refractivity (Wildman–Crippen MR) is 88.6 cm³/mol. The van der Waals surface area contributed by atoms with E-state index < -0.39 is 0 Å². The SMILES string of the molecule is CSc1nc2c(c(=O)[nH]1)CN(Cc1ccccc1Br)CC2. The number of H-pyrrole nitrogens is 1. The van der Waals surface area contributed by atoms with Crippen molar-refractivity contribution < 1.29 is 0 Å². The summed E-state index contributed by atoms with van der Waals surface area (Å²) < 4.78 is 1.11. The highest BCUT2D eigenvalue weighted by atomic mass is 79.9. The molecule has 0 amide bonds. The minimum absolute atomic E-state index is 0.00109. The van der Waals surface area contributed by atoms with E-state index in [1.165, 1.54) is 17.3 Å². The van der Waals surface area contributed by atoms with Crippen LogP contribution in [0.3, 0.4) is 0 Å². The molecule has 4 nitrogen and oxygen atoms in total. The van der Waals surface area contributed by atoms with Crippen molar-refractivity contribution in [2.75, 3.05) is 12.8 Å². The molecule has 0 radical (unpaired) electrons. The number of hydrogen-bond acceptors (Lipinski definition) is 4. The summed E-state index contributed by atoms with van der Waals surface area (Å²) in [5.41, 5.74) is 3.00. The maximum Gasteiger partial charge on any atom is 0.256 e. The zero-order chi connectivity index (χ0) is 14.8. The largest absolute Gasteiger partial charge is 0.301 e. The molecule has 6 heteroatoms. The molecule has 2 aromatic rings. The van der Waals surface area contributed by atoms with Crippen LogP contribution in [-0.2, 0) is 19.5 Å². The first-order valence-electron chi connectivity index (χ1n) is 6.79. The van der Waals surface area contributed by atoms with E-state index in [0.717, 1.165) is 35.2 Å². The second-order valence-corrected chi connectivity index (χ2v) is 6.70. The molecule has 0 spiro atoms. The quantitative estimate of drug-likeness (QED) is 0.671. The molecule has 0 saturated carbocycles. The second-order valence-electron chi connectivity index (χ2n) is 5.05. The van der Waals surface area contributed by atoms with Crippen molar-refractivity contribution >= 4 is 27.7 Å². The van der Waals surface area contributed by atoms with Gasteiger partial charge >= 0.3 is 0 Å². The highest BCUT2D eigenvalue weighted by Crippen LogP contribution is 2.22. The van der Waals surface area contributed by atoms with E-state index in [2.05, 4.69) is 36.9 Å². The molecule has 21 heavy (non-hydrogen) atoms. The summed E-state index contributed by atoms with van der Waals surface area (Å²) in [4.78, 5) is 21.8. The third-order valence-corrected chi connectivity index (χ3v) is 5.02. The molecule has 3 rings (SSSR count). The zero-order valence-corrected chi connectivity index (χ0v) is 14.1. The van der Waals surface area contributed by atoms with Gasteiger partial charge in [-0.25, -0.2) is 4.98 Å². The molecule has 1 aromatic heterocycles. The van der Waals surface area contributed by atoms with Crippen molar-refractivity contribution in [2.24, 2.45) is 0 Å². The van der Waals surface area contributed by atoms with Crippen molar-refractivity contribution in [1.82, 2.24) is 14.9 Å². The van der Waals surface area contributed by atoms with Crippen molar-refractivity contribution in [3.05, 3.63) is 55.9 Å². The van der Waals surface area contributed by atoms with Crippen LogP contribution in [0.5, 0.6) is 0 Å². The van der Waals surface area contributed by atoms with Crippen LogP contribution in [0, 0.1) is 0 Å². The molecular weight excluding hydrogens is 350 g/mol. The van der Waals surface area contributed by atoms with E-state index in [1.54, 1.807) is 0 Å². The first kappa shape index (κ1) is 14.8. The van der Waals surface area contributed by atoms with E-state index in [4.69, 9.17) is 0 Å². The molecule has 0 fully saturated rings. The summed E-state index contributed by atoms with van der Waals surface area (Å²) >= 11 is 5.05. The number of thioether (sulfide) groups is 1. The molecule has 110 valence electrons. The maximum atomic E-state index is 12.2. The Hall–Kier alpha value is -1.11. The normalized spacial score (nSPS) is 15.0. The van der Waals surface area contributed by atoms with Crippen LogP contribution in [-0.4, -0.2) is 27.7 Å². The molecule has 0 atom stereocenters. The van der Waals surface area contributed by atoms with Crippen LogP contribution < -0.4 is 5.56 Å². The Morgan fingerprint density at radius 2 is 2.24 bits per heavy atom. The molecule has 1 aromatic carbocycles. The smallest absolute Gasteiger partial charge is 0.256 e. The lowest BCUT2D eigenvalue weighted by Crippen LogP contribution is -2.35. The number of nitrogens with zero attached hydrogens (tertiary/aromatic N) is 2. The van der Waals surface area contributed by atoms with Crippen molar-refractivity contribution in [3.63, 3.8) is 0 Å². The fourth-order valence-corrected chi connectivity index (χ4v) is 3.36.